The van der Waals surface area contributed by atoms with E-state index in [9.17, 15) is 14.0 Å². The lowest BCUT2D eigenvalue weighted by atomic mass is 10.2. The van der Waals surface area contributed by atoms with E-state index in [-0.39, 0.29) is 36.7 Å². The second-order valence-electron chi connectivity index (χ2n) is 6.98. The molecule has 1 aromatic carbocycles. The molecular weight excluding hydrogens is 363 g/mol. The van der Waals surface area contributed by atoms with Crippen LogP contribution in [-0.2, 0) is 14.3 Å². The Kier molecular flexibility index (Phi) is 7.69. The Balaban J connectivity index is 2.10. The molecule has 8 heteroatoms. The molecule has 0 saturated heterocycles. The van der Waals surface area contributed by atoms with Crippen LogP contribution in [0.4, 0.5) is 10.2 Å². The van der Waals surface area contributed by atoms with Crippen molar-refractivity contribution in [2.45, 2.75) is 27.7 Å². The number of carbonyl (C=O) groups excluding carboxylic acids is 2. The number of esters is 1. The van der Waals surface area contributed by atoms with Crippen LogP contribution in [0.2, 0.25) is 0 Å². The molecule has 1 heterocycles. The van der Waals surface area contributed by atoms with Crippen molar-refractivity contribution in [1.29, 1.82) is 0 Å². The number of benzene rings is 1. The number of nitrogens with one attached hydrogen (secondary N) is 1. The predicted molar refractivity (Wildman–Crippen MR) is 105 cm³/mol. The Morgan fingerprint density at radius 2 is 1.93 bits per heavy atom. The van der Waals surface area contributed by atoms with Crippen LogP contribution in [0.5, 0.6) is 0 Å². The van der Waals surface area contributed by atoms with Gasteiger partial charge in [-0.25, -0.2) is 9.07 Å². The summed E-state index contributed by atoms with van der Waals surface area (Å²) >= 11 is 0. The minimum absolute atomic E-state index is 0.0463. The van der Waals surface area contributed by atoms with Crippen molar-refractivity contribution in [2.24, 2.45) is 5.92 Å². The van der Waals surface area contributed by atoms with Gasteiger partial charge in [0.2, 0.25) is 5.91 Å². The van der Waals surface area contributed by atoms with Crippen molar-refractivity contribution in [1.82, 2.24) is 14.7 Å². The van der Waals surface area contributed by atoms with E-state index >= 15 is 0 Å². The molecule has 0 saturated carbocycles. The molecule has 0 aliphatic carbocycles. The SMILES string of the molecule is CCOC(=O)CN(CC(=O)Nc1cc(C)nn1-c1ccc(F)cc1)CC(C)C. The van der Waals surface area contributed by atoms with Crippen LogP contribution in [0.1, 0.15) is 26.5 Å². The van der Waals surface area contributed by atoms with Gasteiger partial charge < -0.3 is 10.1 Å². The molecule has 0 fully saturated rings. The molecule has 0 atom stereocenters. The highest BCUT2D eigenvalue weighted by Gasteiger charge is 2.18. The molecule has 1 aromatic heterocycles. The van der Waals surface area contributed by atoms with Crippen LogP contribution in [0.3, 0.4) is 0 Å². The standard InChI is InChI=1S/C20H27FN4O3/c1-5-28-20(27)13-24(11-14(2)3)12-19(26)22-18-10-15(4)23-25(18)17-8-6-16(21)7-9-17/h6-10,14H,5,11-13H2,1-4H3,(H,22,26). The average molecular weight is 390 g/mol. The number of aryl methyl sites for hydroxylation is 1. The van der Waals surface area contributed by atoms with Gasteiger partial charge >= 0.3 is 5.97 Å². The summed E-state index contributed by atoms with van der Waals surface area (Å²) in [5.74, 6) is -0.207. The van der Waals surface area contributed by atoms with Crippen LogP contribution in [0, 0.1) is 18.7 Å². The normalized spacial score (nSPS) is 11.1. The Bertz CT molecular complexity index is 802. The van der Waals surface area contributed by atoms with Gasteiger partial charge in [-0.3, -0.25) is 14.5 Å². The smallest absolute Gasteiger partial charge is 0.320 e. The third-order valence-electron chi connectivity index (χ3n) is 3.82. The van der Waals surface area contributed by atoms with Crippen molar-refractivity contribution < 1.29 is 18.7 Å². The van der Waals surface area contributed by atoms with Crippen molar-refractivity contribution in [3.63, 3.8) is 0 Å². The van der Waals surface area contributed by atoms with Crippen molar-refractivity contribution in [2.75, 3.05) is 31.6 Å². The number of ether oxygens (including phenoxy) is 1. The third kappa shape index (κ3) is 6.45. The topological polar surface area (TPSA) is 76.5 Å². The highest BCUT2D eigenvalue weighted by atomic mass is 19.1. The second-order valence-corrected chi connectivity index (χ2v) is 6.98. The Morgan fingerprint density at radius 1 is 1.25 bits per heavy atom. The molecule has 7 nitrogen and oxygen atoms in total. The lowest BCUT2D eigenvalue weighted by molar-refractivity contribution is -0.144. The number of anilines is 1. The number of hydrogen-bond donors (Lipinski definition) is 1. The fraction of sp³-hybridized carbons (Fsp3) is 0.450. The number of carbonyl (C=O) groups is 2. The summed E-state index contributed by atoms with van der Waals surface area (Å²) in [5.41, 5.74) is 1.35. The van der Waals surface area contributed by atoms with Crippen LogP contribution in [-0.4, -0.2) is 52.8 Å². The quantitative estimate of drug-likeness (QED) is 0.667. The molecule has 2 rings (SSSR count). The van der Waals surface area contributed by atoms with E-state index in [0.717, 1.165) is 0 Å². The summed E-state index contributed by atoms with van der Waals surface area (Å²) in [5, 5.41) is 7.18. The highest BCUT2D eigenvalue weighted by Crippen LogP contribution is 2.17. The molecule has 28 heavy (non-hydrogen) atoms. The molecular formula is C20H27FN4O3. The Morgan fingerprint density at radius 3 is 2.54 bits per heavy atom. The largest absolute Gasteiger partial charge is 0.465 e. The first-order chi connectivity index (χ1) is 13.3. The monoisotopic (exact) mass is 390 g/mol. The molecule has 0 aliphatic rings. The first-order valence-corrected chi connectivity index (χ1v) is 9.29. The number of rotatable bonds is 9. The van der Waals surface area contributed by atoms with Crippen molar-refractivity contribution >= 4 is 17.7 Å². The molecule has 1 amide bonds. The van der Waals surface area contributed by atoms with E-state index in [0.29, 0.717) is 30.4 Å². The number of nitrogens with zero attached hydrogens (tertiary/aromatic N) is 3. The number of aromatic nitrogens is 2. The summed E-state index contributed by atoms with van der Waals surface area (Å²) in [6, 6.07) is 7.58. The van der Waals surface area contributed by atoms with E-state index in [4.69, 9.17) is 4.74 Å². The summed E-state index contributed by atoms with van der Waals surface area (Å²) < 4.78 is 19.7. The van der Waals surface area contributed by atoms with Gasteiger partial charge in [0, 0.05) is 12.6 Å². The second kappa shape index (κ2) is 9.98. The fourth-order valence-corrected chi connectivity index (χ4v) is 2.84. The van der Waals surface area contributed by atoms with Crippen molar-refractivity contribution in [3.8, 4) is 5.69 Å². The Hall–Kier alpha value is -2.74. The zero-order valence-corrected chi connectivity index (χ0v) is 16.7. The van der Waals surface area contributed by atoms with Crippen LogP contribution in [0.15, 0.2) is 30.3 Å². The summed E-state index contributed by atoms with van der Waals surface area (Å²) in [6.07, 6.45) is 0. The first kappa shape index (κ1) is 21.6. The number of amides is 1. The summed E-state index contributed by atoms with van der Waals surface area (Å²) in [6.45, 7) is 8.57. The minimum atomic E-state index is -0.358. The first-order valence-electron chi connectivity index (χ1n) is 9.29. The molecule has 0 unspecified atom stereocenters. The maximum Gasteiger partial charge on any atom is 0.320 e. The zero-order valence-electron chi connectivity index (χ0n) is 16.7. The van der Waals surface area contributed by atoms with Crippen molar-refractivity contribution in [3.05, 3.63) is 41.8 Å². The van der Waals surface area contributed by atoms with Gasteiger partial charge in [0.05, 0.1) is 31.1 Å². The fourth-order valence-electron chi connectivity index (χ4n) is 2.84. The van der Waals surface area contributed by atoms with Gasteiger partial charge in [0.25, 0.3) is 0 Å². The van der Waals surface area contributed by atoms with Gasteiger partial charge in [-0.1, -0.05) is 13.8 Å². The molecule has 0 bridgehead atoms. The molecule has 0 aliphatic heterocycles. The lowest BCUT2D eigenvalue weighted by Crippen LogP contribution is -2.39. The molecule has 0 radical (unpaired) electrons. The highest BCUT2D eigenvalue weighted by molar-refractivity contribution is 5.92. The number of halogens is 1. The third-order valence-corrected chi connectivity index (χ3v) is 3.82. The van der Waals surface area contributed by atoms with Crippen LogP contribution < -0.4 is 5.32 Å². The van der Waals surface area contributed by atoms with Crippen LogP contribution in [0.25, 0.3) is 5.69 Å². The maximum absolute atomic E-state index is 13.2. The van der Waals surface area contributed by atoms with Gasteiger partial charge in [-0.2, -0.15) is 5.10 Å². The van der Waals surface area contributed by atoms with E-state index in [1.165, 1.54) is 12.1 Å². The zero-order chi connectivity index (χ0) is 20.7. The Labute approximate surface area is 164 Å². The molecule has 0 spiro atoms. The minimum Gasteiger partial charge on any atom is -0.465 e. The maximum atomic E-state index is 13.2. The van der Waals surface area contributed by atoms with Gasteiger partial charge in [-0.05, 0) is 44.0 Å². The predicted octanol–water partition coefficient (Wildman–Crippen LogP) is 2.78. The average Bonchev–Trinajstić information content (AvgIpc) is 2.95. The number of hydrogen-bond acceptors (Lipinski definition) is 5. The van der Waals surface area contributed by atoms with Crippen LogP contribution >= 0.6 is 0 Å². The molecule has 152 valence electrons. The summed E-state index contributed by atoms with van der Waals surface area (Å²) in [4.78, 5) is 26.1. The summed E-state index contributed by atoms with van der Waals surface area (Å²) in [7, 11) is 0. The van der Waals surface area contributed by atoms with E-state index in [2.05, 4.69) is 10.4 Å². The van der Waals surface area contributed by atoms with Gasteiger partial charge in [0.15, 0.2) is 0 Å². The lowest BCUT2D eigenvalue weighted by Gasteiger charge is -2.22. The molecule has 2 aromatic rings. The van der Waals surface area contributed by atoms with E-state index in [1.807, 2.05) is 20.8 Å². The van der Waals surface area contributed by atoms with Gasteiger partial charge in [-0.15, -0.1) is 0 Å². The van der Waals surface area contributed by atoms with E-state index in [1.54, 1.807) is 34.7 Å². The van der Waals surface area contributed by atoms with E-state index < -0.39 is 0 Å². The van der Waals surface area contributed by atoms with Gasteiger partial charge in [0.1, 0.15) is 11.6 Å². The molecule has 1 N–H and O–H groups in total.